The molecule has 2 heteroatoms. The second-order valence-electron chi connectivity index (χ2n) is 5.61. The zero-order valence-corrected chi connectivity index (χ0v) is 12.5. The quantitative estimate of drug-likeness (QED) is 0.897. The largest absolute Gasteiger partial charge is 0.324 e. The first-order valence-corrected chi connectivity index (χ1v) is 7.13. The maximum absolute atomic E-state index is 6.49. The summed E-state index contributed by atoms with van der Waals surface area (Å²) in [6.07, 6.45) is 0. The van der Waals surface area contributed by atoms with Crippen molar-refractivity contribution in [3.63, 3.8) is 0 Å². The van der Waals surface area contributed by atoms with Crippen molar-refractivity contribution in [2.75, 3.05) is 14.1 Å². The molecule has 0 aliphatic rings. The number of rotatable bonds is 5. The van der Waals surface area contributed by atoms with Crippen LogP contribution < -0.4 is 5.73 Å². The fourth-order valence-electron chi connectivity index (χ4n) is 2.90. The van der Waals surface area contributed by atoms with E-state index in [2.05, 4.69) is 80.5 Å². The van der Waals surface area contributed by atoms with Crippen LogP contribution in [0.1, 0.15) is 30.1 Å². The van der Waals surface area contributed by atoms with E-state index in [1.807, 2.05) is 6.07 Å². The Labute approximate surface area is 122 Å². The summed E-state index contributed by atoms with van der Waals surface area (Å²) in [6, 6.07) is 21.3. The third kappa shape index (κ3) is 3.27. The molecule has 0 spiro atoms. The van der Waals surface area contributed by atoms with E-state index in [1.54, 1.807) is 0 Å². The van der Waals surface area contributed by atoms with Crippen LogP contribution in [0, 0.1) is 5.92 Å². The van der Waals surface area contributed by atoms with Crippen molar-refractivity contribution < 1.29 is 0 Å². The lowest BCUT2D eigenvalue weighted by molar-refractivity contribution is 0.200. The van der Waals surface area contributed by atoms with E-state index in [0.717, 1.165) is 0 Å². The molecule has 106 valence electrons. The van der Waals surface area contributed by atoms with Crippen molar-refractivity contribution in [2.45, 2.75) is 19.0 Å². The third-order valence-corrected chi connectivity index (χ3v) is 3.95. The molecule has 0 bridgehead atoms. The van der Waals surface area contributed by atoms with Crippen molar-refractivity contribution in [2.24, 2.45) is 11.7 Å². The predicted octanol–water partition coefficient (Wildman–Crippen LogP) is 3.63. The Bertz CT molecular complexity index is 507. The van der Waals surface area contributed by atoms with E-state index in [9.17, 15) is 0 Å². The second kappa shape index (κ2) is 6.69. The average molecular weight is 268 g/mol. The molecular weight excluding hydrogens is 244 g/mol. The molecular formula is C18H24N2. The van der Waals surface area contributed by atoms with E-state index in [4.69, 9.17) is 5.73 Å². The van der Waals surface area contributed by atoms with Gasteiger partial charge >= 0.3 is 0 Å². The molecule has 2 nitrogen and oxygen atoms in total. The van der Waals surface area contributed by atoms with E-state index < -0.39 is 0 Å². The smallest absolute Gasteiger partial charge is 0.0385 e. The molecule has 3 atom stereocenters. The minimum Gasteiger partial charge on any atom is -0.324 e. The van der Waals surface area contributed by atoms with Crippen LogP contribution in [0.25, 0.3) is 0 Å². The Morgan fingerprint density at radius 3 is 1.70 bits per heavy atom. The van der Waals surface area contributed by atoms with Gasteiger partial charge in [0, 0.05) is 12.1 Å². The van der Waals surface area contributed by atoms with Gasteiger partial charge in [-0.2, -0.15) is 0 Å². The van der Waals surface area contributed by atoms with Crippen LogP contribution in [0.15, 0.2) is 60.7 Å². The molecule has 2 rings (SSSR count). The Hall–Kier alpha value is -1.64. The minimum absolute atomic E-state index is 0.0313. The van der Waals surface area contributed by atoms with Crippen LogP contribution in [0.5, 0.6) is 0 Å². The summed E-state index contributed by atoms with van der Waals surface area (Å²) in [7, 11) is 4.23. The van der Waals surface area contributed by atoms with Gasteiger partial charge in [-0.15, -0.1) is 0 Å². The number of hydrogen-bond acceptors (Lipinski definition) is 2. The summed E-state index contributed by atoms with van der Waals surface area (Å²) in [6.45, 7) is 2.23. The van der Waals surface area contributed by atoms with Crippen LogP contribution in [0.3, 0.4) is 0 Å². The Kier molecular flexibility index (Phi) is 4.94. The normalized spacial score (nSPS) is 15.8. The summed E-state index contributed by atoms with van der Waals surface area (Å²) in [5, 5.41) is 0. The molecule has 0 amide bonds. The molecule has 2 aromatic carbocycles. The van der Waals surface area contributed by atoms with Crippen molar-refractivity contribution in [1.82, 2.24) is 4.90 Å². The highest BCUT2D eigenvalue weighted by Crippen LogP contribution is 2.34. The zero-order chi connectivity index (χ0) is 14.5. The fraction of sp³-hybridized carbons (Fsp3) is 0.333. The number of nitrogens with two attached hydrogens (primary N) is 1. The van der Waals surface area contributed by atoms with Gasteiger partial charge in [0.05, 0.1) is 0 Å². The first-order valence-electron chi connectivity index (χ1n) is 7.13. The lowest BCUT2D eigenvalue weighted by Crippen LogP contribution is -2.32. The van der Waals surface area contributed by atoms with Crippen LogP contribution in [0.4, 0.5) is 0 Å². The van der Waals surface area contributed by atoms with Gasteiger partial charge in [0.25, 0.3) is 0 Å². The predicted molar refractivity (Wildman–Crippen MR) is 85.4 cm³/mol. The molecule has 2 aromatic rings. The second-order valence-corrected chi connectivity index (χ2v) is 5.61. The van der Waals surface area contributed by atoms with E-state index in [0.29, 0.717) is 12.0 Å². The molecule has 0 radical (unpaired) electrons. The molecule has 0 aliphatic carbocycles. The highest BCUT2D eigenvalue weighted by atomic mass is 15.1. The lowest BCUT2D eigenvalue weighted by Gasteiger charge is -2.34. The van der Waals surface area contributed by atoms with Gasteiger partial charge in [-0.1, -0.05) is 67.6 Å². The summed E-state index contributed by atoms with van der Waals surface area (Å²) >= 11 is 0. The van der Waals surface area contributed by atoms with Crippen molar-refractivity contribution in [3.05, 3.63) is 71.8 Å². The number of benzene rings is 2. The van der Waals surface area contributed by atoms with Gasteiger partial charge < -0.3 is 10.6 Å². The van der Waals surface area contributed by atoms with E-state index in [-0.39, 0.29) is 6.04 Å². The Morgan fingerprint density at radius 2 is 1.25 bits per heavy atom. The Balaban J connectivity index is 2.26. The monoisotopic (exact) mass is 268 g/mol. The van der Waals surface area contributed by atoms with Crippen molar-refractivity contribution in [1.29, 1.82) is 0 Å². The van der Waals surface area contributed by atoms with Gasteiger partial charge in [-0.3, -0.25) is 0 Å². The standard InChI is InChI=1S/C18H24N2/c1-14(17(19)15-10-6-4-7-11-15)18(20(2)3)16-12-8-5-9-13-16/h4-14,17-18H,19H2,1-3H3. The van der Waals surface area contributed by atoms with Gasteiger partial charge in [0.1, 0.15) is 0 Å². The Morgan fingerprint density at radius 1 is 0.800 bits per heavy atom. The molecule has 0 fully saturated rings. The highest BCUT2D eigenvalue weighted by molar-refractivity contribution is 5.24. The van der Waals surface area contributed by atoms with Crippen molar-refractivity contribution >= 4 is 0 Å². The topological polar surface area (TPSA) is 29.3 Å². The number of hydrogen-bond donors (Lipinski definition) is 1. The van der Waals surface area contributed by atoms with E-state index in [1.165, 1.54) is 11.1 Å². The summed E-state index contributed by atoms with van der Waals surface area (Å²) in [5.74, 6) is 0.329. The molecule has 20 heavy (non-hydrogen) atoms. The molecule has 0 saturated heterocycles. The molecule has 0 heterocycles. The first-order chi connectivity index (χ1) is 9.61. The average Bonchev–Trinajstić information content (AvgIpc) is 2.48. The summed E-state index contributed by atoms with van der Waals surface area (Å²) < 4.78 is 0. The maximum atomic E-state index is 6.49. The van der Waals surface area contributed by atoms with Crippen LogP contribution in [-0.2, 0) is 0 Å². The summed E-state index contributed by atoms with van der Waals surface area (Å²) in [4.78, 5) is 2.25. The first kappa shape index (κ1) is 14.8. The molecule has 0 saturated carbocycles. The third-order valence-electron chi connectivity index (χ3n) is 3.95. The van der Waals surface area contributed by atoms with Crippen molar-refractivity contribution in [3.8, 4) is 0 Å². The van der Waals surface area contributed by atoms with Gasteiger partial charge in [-0.05, 0) is 31.1 Å². The van der Waals surface area contributed by atoms with Crippen LogP contribution in [-0.4, -0.2) is 19.0 Å². The maximum Gasteiger partial charge on any atom is 0.0385 e. The lowest BCUT2D eigenvalue weighted by atomic mass is 9.85. The fourth-order valence-corrected chi connectivity index (χ4v) is 2.90. The van der Waals surface area contributed by atoms with Gasteiger partial charge in [-0.25, -0.2) is 0 Å². The SMILES string of the molecule is CC(C(N)c1ccccc1)C(c1ccccc1)N(C)C. The number of nitrogens with zero attached hydrogens (tertiary/aromatic N) is 1. The minimum atomic E-state index is 0.0313. The molecule has 0 aliphatic heterocycles. The van der Waals surface area contributed by atoms with Crippen LogP contribution >= 0.6 is 0 Å². The molecule has 2 N–H and O–H groups in total. The molecule has 0 aromatic heterocycles. The van der Waals surface area contributed by atoms with Gasteiger partial charge in [0.2, 0.25) is 0 Å². The van der Waals surface area contributed by atoms with E-state index >= 15 is 0 Å². The summed E-state index contributed by atoms with van der Waals surface area (Å²) in [5.41, 5.74) is 9.00. The zero-order valence-electron chi connectivity index (χ0n) is 12.5. The van der Waals surface area contributed by atoms with Gasteiger partial charge in [0.15, 0.2) is 0 Å². The highest BCUT2D eigenvalue weighted by Gasteiger charge is 2.27. The van der Waals surface area contributed by atoms with Crippen LogP contribution in [0.2, 0.25) is 0 Å². The molecule has 3 unspecified atom stereocenters.